The SMILES string of the molecule is C=CC(=O)N1CCN(c2nc(OC[C@@H]3CCCN3C)nc3c2CCN(c2cccc4cccc(C)c24)CC3)[C@@H](C)C1. The van der Waals surface area contributed by atoms with Gasteiger partial charge in [0.05, 0.1) is 5.69 Å². The van der Waals surface area contributed by atoms with Crippen molar-refractivity contribution in [2.24, 2.45) is 0 Å². The van der Waals surface area contributed by atoms with Crippen LogP contribution in [0.25, 0.3) is 10.8 Å². The summed E-state index contributed by atoms with van der Waals surface area (Å²) >= 11 is 0. The molecule has 6 rings (SSSR count). The van der Waals surface area contributed by atoms with E-state index in [9.17, 15) is 4.79 Å². The van der Waals surface area contributed by atoms with Crippen LogP contribution >= 0.6 is 0 Å². The fourth-order valence-electron chi connectivity index (χ4n) is 6.83. The summed E-state index contributed by atoms with van der Waals surface area (Å²) in [5, 5.41) is 2.60. The van der Waals surface area contributed by atoms with Crippen molar-refractivity contribution in [3.05, 3.63) is 65.9 Å². The summed E-state index contributed by atoms with van der Waals surface area (Å²) in [6.07, 6.45) is 5.45. The van der Waals surface area contributed by atoms with Crippen molar-refractivity contribution in [1.82, 2.24) is 19.8 Å². The Hall–Kier alpha value is -3.65. The van der Waals surface area contributed by atoms with Crippen LogP contribution < -0.4 is 14.5 Å². The molecule has 4 heterocycles. The lowest BCUT2D eigenvalue weighted by atomic mass is 10.0. The number of ether oxygens (including phenoxy) is 1. The van der Waals surface area contributed by atoms with E-state index in [-0.39, 0.29) is 11.9 Å². The Kier molecular flexibility index (Phi) is 7.84. The molecular formula is C33H42N6O2. The fraction of sp³-hybridized carbons (Fsp3) is 0.485. The number of nitrogens with zero attached hydrogens (tertiary/aromatic N) is 6. The lowest BCUT2D eigenvalue weighted by Gasteiger charge is -2.41. The number of aryl methyl sites for hydroxylation is 1. The molecule has 0 N–H and O–H groups in total. The van der Waals surface area contributed by atoms with E-state index in [1.807, 2.05) is 4.90 Å². The van der Waals surface area contributed by atoms with Gasteiger partial charge in [0.25, 0.3) is 0 Å². The lowest BCUT2D eigenvalue weighted by molar-refractivity contribution is -0.126. The number of amides is 1. The van der Waals surface area contributed by atoms with Crippen molar-refractivity contribution in [2.45, 2.75) is 51.6 Å². The highest BCUT2D eigenvalue weighted by atomic mass is 16.5. The maximum absolute atomic E-state index is 12.3. The van der Waals surface area contributed by atoms with Crippen molar-refractivity contribution in [1.29, 1.82) is 0 Å². The van der Waals surface area contributed by atoms with Crippen LogP contribution in [0.5, 0.6) is 6.01 Å². The van der Waals surface area contributed by atoms with Crippen LogP contribution in [0.15, 0.2) is 49.1 Å². The molecule has 2 fully saturated rings. The van der Waals surface area contributed by atoms with Gasteiger partial charge in [-0.2, -0.15) is 9.97 Å². The van der Waals surface area contributed by atoms with Gasteiger partial charge in [-0.15, -0.1) is 0 Å². The number of aromatic nitrogens is 2. The Balaban J connectivity index is 1.31. The van der Waals surface area contributed by atoms with Crippen molar-refractivity contribution in [2.75, 3.05) is 62.7 Å². The van der Waals surface area contributed by atoms with Crippen LogP contribution in [0.3, 0.4) is 0 Å². The first-order valence-electron chi connectivity index (χ1n) is 15.1. The Labute approximate surface area is 243 Å². The second-order valence-electron chi connectivity index (χ2n) is 11.8. The first-order valence-corrected chi connectivity index (χ1v) is 15.1. The maximum Gasteiger partial charge on any atom is 0.318 e. The molecular weight excluding hydrogens is 512 g/mol. The molecule has 216 valence electrons. The molecule has 0 radical (unpaired) electrons. The number of anilines is 2. The second kappa shape index (κ2) is 11.7. The number of piperazine rings is 1. The van der Waals surface area contributed by atoms with Crippen molar-refractivity contribution in [3.8, 4) is 6.01 Å². The van der Waals surface area contributed by atoms with Gasteiger partial charge in [-0.25, -0.2) is 0 Å². The first-order chi connectivity index (χ1) is 19.9. The summed E-state index contributed by atoms with van der Waals surface area (Å²) in [5.74, 6) is 0.961. The fourth-order valence-corrected chi connectivity index (χ4v) is 6.83. The number of rotatable bonds is 6. The highest BCUT2D eigenvalue weighted by molar-refractivity contribution is 5.97. The number of fused-ring (bicyclic) bond motifs is 2. The molecule has 0 spiro atoms. The smallest absolute Gasteiger partial charge is 0.318 e. The van der Waals surface area contributed by atoms with Gasteiger partial charge in [-0.1, -0.05) is 36.9 Å². The average molecular weight is 555 g/mol. The Morgan fingerprint density at radius 3 is 2.63 bits per heavy atom. The Morgan fingerprint density at radius 2 is 1.88 bits per heavy atom. The topological polar surface area (TPSA) is 65.0 Å². The maximum atomic E-state index is 12.3. The highest BCUT2D eigenvalue weighted by Gasteiger charge is 2.31. The number of hydrogen-bond donors (Lipinski definition) is 0. The van der Waals surface area contributed by atoms with Crippen LogP contribution in [-0.4, -0.2) is 90.7 Å². The molecule has 0 saturated carbocycles. The van der Waals surface area contributed by atoms with E-state index < -0.39 is 0 Å². The molecule has 1 amide bonds. The van der Waals surface area contributed by atoms with E-state index in [1.165, 1.54) is 40.1 Å². The van der Waals surface area contributed by atoms with Crippen LogP contribution in [0.4, 0.5) is 11.5 Å². The lowest BCUT2D eigenvalue weighted by Crippen LogP contribution is -2.54. The van der Waals surface area contributed by atoms with Gasteiger partial charge in [0.15, 0.2) is 0 Å². The molecule has 2 atom stereocenters. The zero-order valence-corrected chi connectivity index (χ0v) is 24.7. The molecule has 41 heavy (non-hydrogen) atoms. The zero-order chi connectivity index (χ0) is 28.5. The molecule has 3 aliphatic rings. The van der Waals surface area contributed by atoms with Gasteiger partial charge in [-0.05, 0) is 69.8 Å². The monoisotopic (exact) mass is 554 g/mol. The molecule has 2 saturated heterocycles. The van der Waals surface area contributed by atoms with Crippen LogP contribution in [0.1, 0.15) is 36.6 Å². The summed E-state index contributed by atoms with van der Waals surface area (Å²) < 4.78 is 6.31. The van der Waals surface area contributed by atoms with Gasteiger partial charge < -0.3 is 24.3 Å². The number of carbonyl (C=O) groups is 1. The van der Waals surface area contributed by atoms with Gasteiger partial charge in [-0.3, -0.25) is 4.79 Å². The molecule has 8 heteroatoms. The summed E-state index contributed by atoms with van der Waals surface area (Å²) in [6.45, 7) is 13.6. The van der Waals surface area contributed by atoms with E-state index in [1.54, 1.807) is 0 Å². The quantitative estimate of drug-likeness (QED) is 0.423. The van der Waals surface area contributed by atoms with Crippen molar-refractivity contribution in [3.63, 3.8) is 0 Å². The minimum Gasteiger partial charge on any atom is -0.462 e. The molecule has 0 bridgehead atoms. The average Bonchev–Trinajstić information content (AvgIpc) is 3.27. The first kappa shape index (κ1) is 27.5. The van der Waals surface area contributed by atoms with Crippen molar-refractivity contribution >= 4 is 28.2 Å². The number of benzene rings is 2. The summed E-state index contributed by atoms with van der Waals surface area (Å²) in [4.78, 5) is 31.6. The van der Waals surface area contributed by atoms with Crippen molar-refractivity contribution < 1.29 is 9.53 Å². The largest absolute Gasteiger partial charge is 0.462 e. The summed E-state index contributed by atoms with van der Waals surface area (Å²) in [5.41, 5.74) is 4.88. The number of hydrogen-bond acceptors (Lipinski definition) is 7. The highest BCUT2D eigenvalue weighted by Crippen LogP contribution is 2.34. The zero-order valence-electron chi connectivity index (χ0n) is 24.7. The molecule has 0 unspecified atom stereocenters. The summed E-state index contributed by atoms with van der Waals surface area (Å²) in [6, 6.07) is 14.2. The molecule has 0 aliphatic carbocycles. The molecule has 8 nitrogen and oxygen atoms in total. The van der Waals surface area contributed by atoms with E-state index in [0.29, 0.717) is 31.7 Å². The normalized spacial score (nSPS) is 21.6. The van der Waals surface area contributed by atoms with Crippen LogP contribution in [0, 0.1) is 6.92 Å². The van der Waals surface area contributed by atoms with Gasteiger partial charge in [0.1, 0.15) is 12.4 Å². The predicted octanol–water partition coefficient (Wildman–Crippen LogP) is 4.24. The minimum absolute atomic E-state index is 0.0104. The Bertz CT molecular complexity index is 1440. The molecule has 2 aromatic carbocycles. The number of likely N-dealkylation sites (N-methyl/N-ethyl adjacent to an activating group) is 1. The molecule has 3 aromatic rings. The standard InChI is InChI=1S/C33H42N6O2/c1-5-30(40)38-19-20-39(24(3)21-38)32-27-14-17-37(29-13-7-11-25-10-6-9-23(2)31(25)29)18-15-28(27)34-33(35-32)41-22-26-12-8-16-36(26)4/h5-7,9-11,13,24,26H,1,8,12,14-22H2,2-4H3/t24-,26-/m0/s1. The third-order valence-electron chi connectivity index (χ3n) is 9.19. The van der Waals surface area contributed by atoms with Gasteiger partial charge >= 0.3 is 6.01 Å². The summed E-state index contributed by atoms with van der Waals surface area (Å²) in [7, 11) is 2.17. The van der Waals surface area contributed by atoms with E-state index in [4.69, 9.17) is 14.7 Å². The molecule has 3 aliphatic heterocycles. The predicted molar refractivity (Wildman–Crippen MR) is 165 cm³/mol. The van der Waals surface area contributed by atoms with Crippen LogP contribution in [0.2, 0.25) is 0 Å². The van der Waals surface area contributed by atoms with Gasteiger partial charge in [0, 0.05) is 67.9 Å². The molecule has 1 aromatic heterocycles. The Morgan fingerprint density at radius 1 is 1.07 bits per heavy atom. The number of carbonyl (C=O) groups excluding carboxylic acids is 1. The van der Waals surface area contributed by atoms with Gasteiger partial charge in [0.2, 0.25) is 5.91 Å². The van der Waals surface area contributed by atoms with E-state index in [0.717, 1.165) is 57.0 Å². The van der Waals surface area contributed by atoms with E-state index >= 15 is 0 Å². The third kappa shape index (κ3) is 5.49. The number of likely N-dealkylation sites (tertiary alicyclic amines) is 1. The van der Waals surface area contributed by atoms with Crippen LogP contribution in [-0.2, 0) is 17.6 Å². The minimum atomic E-state index is -0.0104. The second-order valence-corrected chi connectivity index (χ2v) is 11.8. The van der Waals surface area contributed by atoms with E-state index in [2.05, 4.69) is 78.6 Å². The third-order valence-corrected chi connectivity index (χ3v) is 9.19.